The Morgan fingerprint density at radius 2 is 1.57 bits per heavy atom. The lowest BCUT2D eigenvalue weighted by molar-refractivity contribution is -0.119. The Hall–Kier alpha value is -0.300. The fourth-order valence-corrected chi connectivity index (χ4v) is 4.33. The van der Waals surface area contributed by atoms with Gasteiger partial charge in [-0.1, -0.05) is 6.08 Å². The molecule has 4 rings (SSSR count). The van der Waals surface area contributed by atoms with Crippen LogP contribution in [0.5, 0.6) is 0 Å². The van der Waals surface area contributed by atoms with Crippen molar-refractivity contribution in [3.05, 3.63) is 12.7 Å². The van der Waals surface area contributed by atoms with Gasteiger partial charge in [-0.3, -0.25) is 0 Å². The molecule has 0 aromatic rings. The second-order valence-corrected chi connectivity index (χ2v) is 5.52. The van der Waals surface area contributed by atoms with Crippen LogP contribution < -0.4 is 0 Å². The van der Waals surface area contributed by atoms with E-state index in [0.717, 1.165) is 30.3 Å². The van der Waals surface area contributed by atoms with E-state index in [1.807, 2.05) is 6.08 Å². The molecule has 1 heteroatoms. The normalized spacial score (nSPS) is 49.6. The van der Waals surface area contributed by atoms with Gasteiger partial charge in [-0.25, -0.2) is 0 Å². The van der Waals surface area contributed by atoms with Crippen LogP contribution in [0, 0.1) is 23.7 Å². The minimum Gasteiger partial charge on any atom is -0.374 e. The molecule has 0 unspecified atom stereocenters. The van der Waals surface area contributed by atoms with E-state index >= 15 is 0 Å². The number of hydrogen-bond donors (Lipinski definition) is 0. The predicted octanol–water partition coefficient (Wildman–Crippen LogP) is 3.01. The highest BCUT2D eigenvalue weighted by Gasteiger charge is 2.48. The molecule has 78 valence electrons. The van der Waals surface area contributed by atoms with Gasteiger partial charge in [-0.15, -0.1) is 6.58 Å². The Morgan fingerprint density at radius 3 is 2.07 bits per heavy atom. The molecule has 0 N–H and O–H groups in total. The minimum atomic E-state index is 0.584. The smallest absolute Gasteiger partial charge is 0.0648 e. The van der Waals surface area contributed by atoms with Crippen molar-refractivity contribution in [1.29, 1.82) is 0 Å². The SMILES string of the molecule is C=CCOC1C2CC3CC(C2)CC1C3. The molecule has 0 heterocycles. The second-order valence-electron chi connectivity index (χ2n) is 5.52. The van der Waals surface area contributed by atoms with Crippen LogP contribution in [-0.4, -0.2) is 12.7 Å². The van der Waals surface area contributed by atoms with E-state index in [1.54, 1.807) is 0 Å². The van der Waals surface area contributed by atoms with Gasteiger partial charge in [0.05, 0.1) is 12.7 Å². The van der Waals surface area contributed by atoms with E-state index in [9.17, 15) is 0 Å². The molecule has 4 aliphatic carbocycles. The Balaban J connectivity index is 1.71. The summed E-state index contributed by atoms with van der Waals surface area (Å²) < 4.78 is 5.95. The molecule has 0 amide bonds. The summed E-state index contributed by atoms with van der Waals surface area (Å²) in [6, 6.07) is 0. The summed E-state index contributed by atoms with van der Waals surface area (Å²) in [5, 5.41) is 0. The Kier molecular flexibility index (Phi) is 2.16. The van der Waals surface area contributed by atoms with Gasteiger partial charge in [0.15, 0.2) is 0 Å². The fourth-order valence-electron chi connectivity index (χ4n) is 4.33. The van der Waals surface area contributed by atoms with Crippen molar-refractivity contribution in [2.75, 3.05) is 6.61 Å². The van der Waals surface area contributed by atoms with Crippen molar-refractivity contribution < 1.29 is 4.74 Å². The first-order valence-electron chi connectivity index (χ1n) is 6.09. The molecular formula is C13H20O. The fraction of sp³-hybridized carbons (Fsp3) is 0.846. The molecular weight excluding hydrogens is 172 g/mol. The van der Waals surface area contributed by atoms with Crippen LogP contribution in [0.2, 0.25) is 0 Å². The summed E-state index contributed by atoms with van der Waals surface area (Å²) in [4.78, 5) is 0. The van der Waals surface area contributed by atoms with Crippen molar-refractivity contribution in [3.63, 3.8) is 0 Å². The standard InChI is InChI=1S/C13H20O/c1-2-3-14-13-11-5-9-4-10(7-11)8-12(13)6-9/h2,9-13H,1,3-8H2. The lowest BCUT2D eigenvalue weighted by Crippen LogP contribution is -2.49. The first kappa shape index (κ1) is 8.96. The summed E-state index contributed by atoms with van der Waals surface area (Å²) in [5.74, 6) is 3.90. The van der Waals surface area contributed by atoms with E-state index in [4.69, 9.17) is 4.74 Å². The summed E-state index contributed by atoms with van der Waals surface area (Å²) in [5.41, 5.74) is 0. The maximum Gasteiger partial charge on any atom is 0.0648 e. The average molecular weight is 192 g/mol. The monoisotopic (exact) mass is 192 g/mol. The predicted molar refractivity (Wildman–Crippen MR) is 57.0 cm³/mol. The van der Waals surface area contributed by atoms with Gasteiger partial charge in [0.2, 0.25) is 0 Å². The third kappa shape index (κ3) is 1.33. The Morgan fingerprint density at radius 1 is 1.00 bits per heavy atom. The first-order chi connectivity index (χ1) is 6.86. The average Bonchev–Trinajstić information content (AvgIpc) is 2.15. The Labute approximate surface area is 86.5 Å². The summed E-state index contributed by atoms with van der Waals surface area (Å²) in [6.07, 6.45) is 9.82. The molecule has 0 aliphatic heterocycles. The van der Waals surface area contributed by atoms with Crippen LogP contribution in [-0.2, 0) is 4.74 Å². The van der Waals surface area contributed by atoms with Gasteiger partial charge >= 0.3 is 0 Å². The molecule has 0 spiro atoms. The molecule has 4 aliphatic rings. The number of hydrogen-bond acceptors (Lipinski definition) is 1. The van der Waals surface area contributed by atoms with Gasteiger partial charge in [0.25, 0.3) is 0 Å². The first-order valence-corrected chi connectivity index (χ1v) is 6.09. The van der Waals surface area contributed by atoms with E-state index in [1.165, 1.54) is 32.1 Å². The van der Waals surface area contributed by atoms with Gasteiger partial charge in [-0.2, -0.15) is 0 Å². The topological polar surface area (TPSA) is 9.23 Å². The zero-order valence-electron chi connectivity index (χ0n) is 8.82. The summed E-state index contributed by atoms with van der Waals surface area (Å²) >= 11 is 0. The zero-order valence-corrected chi connectivity index (χ0v) is 8.82. The quantitative estimate of drug-likeness (QED) is 0.625. The van der Waals surface area contributed by atoms with Gasteiger partial charge in [0, 0.05) is 0 Å². The maximum absolute atomic E-state index is 5.95. The van der Waals surface area contributed by atoms with E-state index in [0.29, 0.717) is 6.10 Å². The summed E-state index contributed by atoms with van der Waals surface area (Å²) in [6.45, 7) is 4.49. The molecule has 0 saturated heterocycles. The van der Waals surface area contributed by atoms with Crippen LogP contribution in [0.1, 0.15) is 32.1 Å². The maximum atomic E-state index is 5.95. The van der Waals surface area contributed by atoms with Crippen LogP contribution in [0.15, 0.2) is 12.7 Å². The molecule has 0 radical (unpaired) electrons. The van der Waals surface area contributed by atoms with E-state index in [2.05, 4.69) is 6.58 Å². The third-order valence-electron chi connectivity index (χ3n) is 4.55. The van der Waals surface area contributed by atoms with Crippen molar-refractivity contribution >= 4 is 0 Å². The zero-order chi connectivity index (χ0) is 9.54. The summed E-state index contributed by atoms with van der Waals surface area (Å²) in [7, 11) is 0. The largest absolute Gasteiger partial charge is 0.374 e. The lowest BCUT2D eigenvalue weighted by Gasteiger charge is -2.53. The molecule has 0 aromatic heterocycles. The Bertz CT molecular complexity index is 205. The highest BCUT2D eigenvalue weighted by molar-refractivity contribution is 4.99. The lowest BCUT2D eigenvalue weighted by atomic mass is 9.55. The molecule has 4 saturated carbocycles. The molecule has 1 nitrogen and oxygen atoms in total. The van der Waals surface area contributed by atoms with Gasteiger partial charge in [-0.05, 0) is 55.8 Å². The minimum absolute atomic E-state index is 0.584. The molecule has 4 fully saturated rings. The molecule has 14 heavy (non-hydrogen) atoms. The van der Waals surface area contributed by atoms with Gasteiger partial charge in [0.1, 0.15) is 0 Å². The molecule has 4 bridgehead atoms. The highest BCUT2D eigenvalue weighted by atomic mass is 16.5. The van der Waals surface area contributed by atoms with E-state index in [-0.39, 0.29) is 0 Å². The van der Waals surface area contributed by atoms with Crippen molar-refractivity contribution in [1.82, 2.24) is 0 Å². The second kappa shape index (κ2) is 3.37. The third-order valence-corrected chi connectivity index (χ3v) is 4.55. The van der Waals surface area contributed by atoms with Gasteiger partial charge < -0.3 is 4.74 Å². The van der Waals surface area contributed by atoms with Crippen LogP contribution >= 0.6 is 0 Å². The van der Waals surface area contributed by atoms with Crippen LogP contribution in [0.3, 0.4) is 0 Å². The van der Waals surface area contributed by atoms with Crippen molar-refractivity contribution in [2.24, 2.45) is 23.7 Å². The highest BCUT2D eigenvalue weighted by Crippen LogP contribution is 2.54. The number of ether oxygens (including phenoxy) is 1. The number of rotatable bonds is 3. The molecule has 0 atom stereocenters. The van der Waals surface area contributed by atoms with Crippen LogP contribution in [0.4, 0.5) is 0 Å². The molecule has 0 aromatic carbocycles. The van der Waals surface area contributed by atoms with Crippen molar-refractivity contribution in [2.45, 2.75) is 38.2 Å². The van der Waals surface area contributed by atoms with E-state index < -0.39 is 0 Å². The van der Waals surface area contributed by atoms with Crippen molar-refractivity contribution in [3.8, 4) is 0 Å². The van der Waals surface area contributed by atoms with Crippen LogP contribution in [0.25, 0.3) is 0 Å².